The first-order chi connectivity index (χ1) is 9.06. The summed E-state index contributed by atoms with van der Waals surface area (Å²) >= 11 is 0. The summed E-state index contributed by atoms with van der Waals surface area (Å²) in [5.41, 5.74) is 2.71. The van der Waals surface area contributed by atoms with Crippen molar-refractivity contribution in [1.29, 1.82) is 0 Å². The molecule has 0 aliphatic carbocycles. The van der Waals surface area contributed by atoms with Crippen molar-refractivity contribution in [1.82, 2.24) is 5.32 Å². The van der Waals surface area contributed by atoms with Crippen LogP contribution in [0.3, 0.4) is 0 Å². The molecule has 0 fully saturated rings. The predicted octanol–water partition coefficient (Wildman–Crippen LogP) is 4.12. The molecule has 2 aromatic rings. The lowest BCUT2D eigenvalue weighted by atomic mass is 10.1. The molecule has 1 atom stereocenters. The van der Waals surface area contributed by atoms with Gasteiger partial charge in [0, 0.05) is 12.6 Å². The molecular weight excluding hydrogens is 244 g/mol. The molecule has 0 radical (unpaired) electrons. The zero-order valence-corrected chi connectivity index (χ0v) is 11.1. The Kier molecular flexibility index (Phi) is 4.27. The minimum Gasteiger partial charge on any atom is -0.306 e. The fraction of sp³-hybridized carbons (Fsp3) is 0.250. The quantitative estimate of drug-likeness (QED) is 0.872. The molecule has 0 aliphatic rings. The maximum atomic E-state index is 13.1. The Balaban J connectivity index is 1.98. The topological polar surface area (TPSA) is 12.0 Å². The van der Waals surface area contributed by atoms with E-state index in [-0.39, 0.29) is 17.7 Å². The van der Waals surface area contributed by atoms with Crippen molar-refractivity contribution in [2.75, 3.05) is 0 Å². The lowest BCUT2D eigenvalue weighted by Gasteiger charge is -2.14. The van der Waals surface area contributed by atoms with Gasteiger partial charge in [-0.25, -0.2) is 8.78 Å². The van der Waals surface area contributed by atoms with Gasteiger partial charge in [0.1, 0.15) is 11.6 Å². The van der Waals surface area contributed by atoms with Gasteiger partial charge >= 0.3 is 0 Å². The highest BCUT2D eigenvalue weighted by Gasteiger charge is 2.05. The van der Waals surface area contributed by atoms with Crippen LogP contribution in [-0.2, 0) is 6.54 Å². The molecule has 0 bridgehead atoms. The average Bonchev–Trinajstić information content (AvgIpc) is 2.40. The van der Waals surface area contributed by atoms with E-state index in [0.717, 1.165) is 11.1 Å². The first kappa shape index (κ1) is 13.7. The maximum Gasteiger partial charge on any atom is 0.126 e. The van der Waals surface area contributed by atoms with Gasteiger partial charge in [0.05, 0.1) is 0 Å². The normalized spacial score (nSPS) is 12.4. The molecule has 0 aliphatic heterocycles. The van der Waals surface area contributed by atoms with Gasteiger partial charge in [-0.1, -0.05) is 24.3 Å². The molecule has 0 aromatic heterocycles. The monoisotopic (exact) mass is 261 g/mol. The summed E-state index contributed by atoms with van der Waals surface area (Å²) in [7, 11) is 0. The van der Waals surface area contributed by atoms with E-state index in [9.17, 15) is 8.78 Å². The highest BCUT2D eigenvalue weighted by Crippen LogP contribution is 2.15. The van der Waals surface area contributed by atoms with E-state index in [1.807, 2.05) is 13.0 Å². The van der Waals surface area contributed by atoms with E-state index in [4.69, 9.17) is 0 Å². The van der Waals surface area contributed by atoms with Crippen LogP contribution >= 0.6 is 0 Å². The Hall–Kier alpha value is -1.74. The molecule has 2 rings (SSSR count). The van der Waals surface area contributed by atoms with Crippen molar-refractivity contribution in [2.45, 2.75) is 26.4 Å². The second-order valence-electron chi connectivity index (χ2n) is 4.74. The van der Waals surface area contributed by atoms with Gasteiger partial charge in [-0.15, -0.1) is 0 Å². The Morgan fingerprint density at radius 2 is 1.74 bits per heavy atom. The first-order valence-corrected chi connectivity index (χ1v) is 6.30. The molecule has 2 aromatic carbocycles. The third-order valence-corrected chi connectivity index (χ3v) is 3.20. The van der Waals surface area contributed by atoms with Crippen LogP contribution in [0.1, 0.15) is 29.7 Å². The molecule has 0 amide bonds. The second kappa shape index (κ2) is 5.93. The molecular formula is C16H17F2N. The van der Waals surface area contributed by atoms with Crippen molar-refractivity contribution < 1.29 is 8.78 Å². The van der Waals surface area contributed by atoms with Gasteiger partial charge in [-0.3, -0.25) is 0 Å². The van der Waals surface area contributed by atoms with Gasteiger partial charge in [0.15, 0.2) is 0 Å². The Labute approximate surface area is 112 Å². The molecule has 0 saturated heterocycles. The summed E-state index contributed by atoms with van der Waals surface area (Å²) in [6.07, 6.45) is 0. The summed E-state index contributed by atoms with van der Waals surface area (Å²) in [4.78, 5) is 0. The number of benzene rings is 2. The minimum atomic E-state index is -0.231. The van der Waals surface area contributed by atoms with Gasteiger partial charge < -0.3 is 5.32 Å². The predicted molar refractivity (Wildman–Crippen MR) is 72.8 cm³/mol. The van der Waals surface area contributed by atoms with E-state index < -0.39 is 0 Å². The van der Waals surface area contributed by atoms with Crippen LogP contribution in [-0.4, -0.2) is 0 Å². The first-order valence-electron chi connectivity index (χ1n) is 6.30. The number of hydrogen-bond donors (Lipinski definition) is 1. The third-order valence-electron chi connectivity index (χ3n) is 3.20. The van der Waals surface area contributed by atoms with Gasteiger partial charge in [-0.05, 0) is 48.7 Å². The van der Waals surface area contributed by atoms with Gasteiger partial charge in [0.2, 0.25) is 0 Å². The van der Waals surface area contributed by atoms with E-state index in [1.165, 1.54) is 18.2 Å². The van der Waals surface area contributed by atoms with Crippen molar-refractivity contribution in [3.63, 3.8) is 0 Å². The summed E-state index contributed by atoms with van der Waals surface area (Å²) in [5, 5.41) is 3.34. The van der Waals surface area contributed by atoms with Gasteiger partial charge in [-0.2, -0.15) is 0 Å². The van der Waals surface area contributed by atoms with Gasteiger partial charge in [0.25, 0.3) is 0 Å². The number of rotatable bonds is 4. The lowest BCUT2D eigenvalue weighted by molar-refractivity contribution is 0.568. The fourth-order valence-electron chi connectivity index (χ4n) is 1.96. The zero-order valence-electron chi connectivity index (χ0n) is 11.1. The van der Waals surface area contributed by atoms with Crippen LogP contribution < -0.4 is 5.32 Å². The van der Waals surface area contributed by atoms with Crippen LogP contribution in [0.2, 0.25) is 0 Å². The number of nitrogens with one attached hydrogen (secondary N) is 1. The molecule has 100 valence electrons. The molecule has 0 saturated carbocycles. The van der Waals surface area contributed by atoms with Crippen LogP contribution in [0.4, 0.5) is 8.78 Å². The summed E-state index contributed by atoms with van der Waals surface area (Å²) in [5.74, 6) is -0.416. The minimum absolute atomic E-state index is 0.117. The lowest BCUT2D eigenvalue weighted by Crippen LogP contribution is -2.18. The molecule has 0 heterocycles. The van der Waals surface area contributed by atoms with Crippen LogP contribution in [0.25, 0.3) is 0 Å². The van der Waals surface area contributed by atoms with E-state index in [1.54, 1.807) is 25.1 Å². The highest BCUT2D eigenvalue weighted by molar-refractivity contribution is 5.24. The van der Waals surface area contributed by atoms with Crippen molar-refractivity contribution in [2.24, 2.45) is 0 Å². The summed E-state index contributed by atoms with van der Waals surface area (Å²) < 4.78 is 26.0. The SMILES string of the molecule is Cc1cc(CN[C@@H](C)c2ccc(F)cc2)ccc1F. The fourth-order valence-corrected chi connectivity index (χ4v) is 1.96. The van der Waals surface area contributed by atoms with E-state index in [2.05, 4.69) is 5.32 Å². The largest absolute Gasteiger partial charge is 0.306 e. The summed E-state index contributed by atoms with van der Waals surface area (Å²) in [6.45, 7) is 4.42. The molecule has 1 nitrogen and oxygen atoms in total. The number of hydrogen-bond acceptors (Lipinski definition) is 1. The molecule has 3 heteroatoms. The maximum absolute atomic E-state index is 13.1. The van der Waals surface area contributed by atoms with E-state index in [0.29, 0.717) is 12.1 Å². The Morgan fingerprint density at radius 3 is 2.37 bits per heavy atom. The molecule has 19 heavy (non-hydrogen) atoms. The standard InChI is InChI=1S/C16H17F2N/c1-11-9-13(3-8-16(11)18)10-19-12(2)14-4-6-15(17)7-5-14/h3-9,12,19H,10H2,1-2H3/t12-/m0/s1. The Morgan fingerprint density at radius 1 is 1.05 bits per heavy atom. The van der Waals surface area contributed by atoms with Crippen molar-refractivity contribution >= 4 is 0 Å². The second-order valence-corrected chi connectivity index (χ2v) is 4.74. The molecule has 0 spiro atoms. The smallest absolute Gasteiger partial charge is 0.126 e. The number of aryl methyl sites for hydroxylation is 1. The molecule has 0 unspecified atom stereocenters. The highest BCUT2D eigenvalue weighted by atomic mass is 19.1. The zero-order chi connectivity index (χ0) is 13.8. The summed E-state index contributed by atoms with van der Waals surface area (Å²) in [6, 6.07) is 11.6. The average molecular weight is 261 g/mol. The van der Waals surface area contributed by atoms with E-state index >= 15 is 0 Å². The van der Waals surface area contributed by atoms with Crippen molar-refractivity contribution in [3.05, 3.63) is 70.8 Å². The molecule has 1 N–H and O–H groups in total. The Bertz CT molecular complexity index is 549. The number of halogens is 2. The van der Waals surface area contributed by atoms with Crippen LogP contribution in [0, 0.1) is 18.6 Å². The third kappa shape index (κ3) is 3.61. The van der Waals surface area contributed by atoms with Crippen molar-refractivity contribution in [3.8, 4) is 0 Å². The van der Waals surface area contributed by atoms with Crippen LogP contribution in [0.5, 0.6) is 0 Å². The van der Waals surface area contributed by atoms with Crippen LogP contribution in [0.15, 0.2) is 42.5 Å².